The number of nitrogens with one attached hydrogen (secondary N) is 2. The molecule has 0 saturated heterocycles. The summed E-state index contributed by atoms with van der Waals surface area (Å²) in [6.07, 6.45) is 7.87. The summed E-state index contributed by atoms with van der Waals surface area (Å²) in [5.74, 6) is -0.154. The van der Waals surface area contributed by atoms with Gasteiger partial charge in [-0.1, -0.05) is 63.3 Å². The quantitative estimate of drug-likeness (QED) is 0.155. The number of ether oxygens (including phenoxy) is 1. The molecule has 2 aromatic carbocycles. The van der Waals surface area contributed by atoms with Gasteiger partial charge in [0.1, 0.15) is 18.1 Å². The fourth-order valence-electron chi connectivity index (χ4n) is 4.20. The summed E-state index contributed by atoms with van der Waals surface area (Å²) in [6.45, 7) is 10.8. The SMILES string of the molecule is C=CC1=C(/C=C\C)N(c2ncc(C(=O)O)cc2NC(=O)c2csc3ccccc23)CCO1.CCC.CNc1ccccc1O. The van der Waals surface area contributed by atoms with Crippen LogP contribution in [0.1, 0.15) is 47.9 Å². The summed E-state index contributed by atoms with van der Waals surface area (Å²) < 4.78 is 6.69. The van der Waals surface area contributed by atoms with Crippen LogP contribution in [0.25, 0.3) is 10.1 Å². The first-order valence-corrected chi connectivity index (χ1v) is 15.0. The van der Waals surface area contributed by atoms with Crippen molar-refractivity contribution in [2.24, 2.45) is 0 Å². The molecule has 4 N–H and O–H groups in total. The highest BCUT2D eigenvalue weighted by Gasteiger charge is 2.25. The van der Waals surface area contributed by atoms with Gasteiger partial charge in [0, 0.05) is 28.7 Å². The number of benzene rings is 2. The van der Waals surface area contributed by atoms with E-state index in [1.54, 1.807) is 30.6 Å². The zero-order valence-corrected chi connectivity index (χ0v) is 26.1. The molecule has 4 aromatic rings. The number of carbonyl (C=O) groups is 2. The number of phenols is 1. The van der Waals surface area contributed by atoms with E-state index in [0.717, 1.165) is 21.5 Å². The molecular weight excluding hydrogens is 576 g/mol. The minimum Gasteiger partial charge on any atom is -0.506 e. The van der Waals surface area contributed by atoms with E-state index >= 15 is 0 Å². The molecule has 9 nitrogen and oxygen atoms in total. The van der Waals surface area contributed by atoms with Crippen molar-refractivity contribution in [3.05, 3.63) is 114 Å². The molecule has 0 spiro atoms. The molecule has 1 amide bonds. The fourth-order valence-corrected chi connectivity index (χ4v) is 5.14. The summed E-state index contributed by atoms with van der Waals surface area (Å²) in [6, 6.07) is 16.2. The highest BCUT2D eigenvalue weighted by molar-refractivity contribution is 7.17. The van der Waals surface area contributed by atoms with Crippen LogP contribution < -0.4 is 15.5 Å². The van der Waals surface area contributed by atoms with E-state index < -0.39 is 5.97 Å². The number of allylic oxidation sites excluding steroid dienone is 3. The molecule has 1 aliphatic heterocycles. The monoisotopic (exact) mass is 614 g/mol. The predicted molar refractivity (Wildman–Crippen MR) is 180 cm³/mol. The second-order valence-corrected chi connectivity index (χ2v) is 10.3. The molecule has 1 aliphatic rings. The van der Waals surface area contributed by atoms with Crippen LogP contribution in [-0.4, -0.2) is 47.3 Å². The molecule has 230 valence electrons. The number of para-hydroxylation sites is 2. The van der Waals surface area contributed by atoms with Crippen LogP contribution in [0.2, 0.25) is 0 Å². The summed E-state index contributed by atoms with van der Waals surface area (Å²) in [7, 11) is 1.77. The van der Waals surface area contributed by atoms with Gasteiger partial charge < -0.3 is 30.5 Å². The highest BCUT2D eigenvalue weighted by Crippen LogP contribution is 2.33. The third-order valence-electron chi connectivity index (χ3n) is 6.14. The van der Waals surface area contributed by atoms with Crippen molar-refractivity contribution in [2.75, 3.05) is 35.7 Å². The number of carboxylic acids is 1. The third-order valence-corrected chi connectivity index (χ3v) is 7.11. The second-order valence-electron chi connectivity index (χ2n) is 9.43. The second kappa shape index (κ2) is 16.5. The predicted octanol–water partition coefficient (Wildman–Crippen LogP) is 7.91. The molecule has 0 aliphatic carbocycles. The van der Waals surface area contributed by atoms with Crippen LogP contribution in [0.3, 0.4) is 0 Å². The average Bonchev–Trinajstić information content (AvgIpc) is 3.47. The Morgan fingerprint density at radius 2 is 1.84 bits per heavy atom. The van der Waals surface area contributed by atoms with Crippen LogP contribution in [0.4, 0.5) is 17.2 Å². The number of amides is 1. The molecule has 3 heterocycles. The zero-order valence-electron chi connectivity index (χ0n) is 25.3. The van der Waals surface area contributed by atoms with E-state index in [-0.39, 0.29) is 11.5 Å². The molecule has 10 heteroatoms. The van der Waals surface area contributed by atoms with Crippen LogP contribution in [0, 0.1) is 0 Å². The number of hydrogen-bond donors (Lipinski definition) is 4. The van der Waals surface area contributed by atoms with Gasteiger partial charge in [-0.15, -0.1) is 11.3 Å². The standard InChI is InChI=1S/C24H21N3O4S.C7H9NO.C3H8/c1-3-7-19-20(4-2)31-11-10-27(19)22-18(12-15(13-25-22)24(29)30)26-23(28)17-14-32-21-9-6-5-8-16(17)21;1-8-6-4-2-3-5-7(6)9;1-3-2/h3-9,12-14H,2,10-11H2,1H3,(H,26,28)(H,29,30);2-5,8-9H,1H3;3H2,1-2H3/b7-3-;;. The Morgan fingerprint density at radius 3 is 2.48 bits per heavy atom. The maximum Gasteiger partial charge on any atom is 0.337 e. The lowest BCUT2D eigenvalue weighted by atomic mass is 10.1. The Balaban J connectivity index is 0.000000371. The average molecular weight is 615 g/mol. The van der Waals surface area contributed by atoms with Gasteiger partial charge in [0.05, 0.1) is 34.7 Å². The minimum atomic E-state index is -1.13. The summed E-state index contributed by atoms with van der Waals surface area (Å²) >= 11 is 1.48. The van der Waals surface area contributed by atoms with Gasteiger partial charge in [-0.2, -0.15) is 0 Å². The molecule has 2 aromatic heterocycles. The number of hydrogen-bond acceptors (Lipinski definition) is 8. The molecular formula is C34H38N4O5S. The highest BCUT2D eigenvalue weighted by atomic mass is 32.1. The Hall–Kier alpha value is -5.09. The van der Waals surface area contributed by atoms with Gasteiger partial charge in [-0.05, 0) is 43.3 Å². The van der Waals surface area contributed by atoms with Crippen molar-refractivity contribution in [3.63, 3.8) is 0 Å². The number of rotatable bonds is 7. The number of aromatic nitrogens is 1. The number of phenolic OH excluding ortho intramolecular Hbond substituents is 1. The van der Waals surface area contributed by atoms with E-state index in [9.17, 15) is 14.7 Å². The number of pyridine rings is 1. The maximum absolute atomic E-state index is 13.2. The first-order chi connectivity index (χ1) is 21.3. The fraction of sp³-hybridized carbons (Fsp3) is 0.206. The van der Waals surface area contributed by atoms with Crippen LogP contribution in [-0.2, 0) is 4.74 Å². The number of fused-ring (bicyclic) bond motifs is 1. The van der Waals surface area contributed by atoms with Crippen molar-refractivity contribution in [2.45, 2.75) is 27.2 Å². The van der Waals surface area contributed by atoms with E-state index in [1.165, 1.54) is 30.0 Å². The first kappa shape index (κ1) is 33.4. The van der Waals surface area contributed by atoms with Crippen molar-refractivity contribution in [1.29, 1.82) is 0 Å². The van der Waals surface area contributed by atoms with Crippen LogP contribution >= 0.6 is 11.3 Å². The number of nitrogens with zero attached hydrogens (tertiary/aromatic N) is 2. The lowest BCUT2D eigenvalue weighted by Crippen LogP contribution is -2.33. The van der Waals surface area contributed by atoms with E-state index in [0.29, 0.717) is 41.7 Å². The number of thiophene rings is 1. The third kappa shape index (κ3) is 8.26. The van der Waals surface area contributed by atoms with Gasteiger partial charge in [0.2, 0.25) is 0 Å². The van der Waals surface area contributed by atoms with Gasteiger partial charge in [-0.3, -0.25) is 4.79 Å². The molecule has 0 bridgehead atoms. The first-order valence-electron chi connectivity index (χ1n) is 14.2. The van der Waals surface area contributed by atoms with Crippen molar-refractivity contribution in [1.82, 2.24) is 4.98 Å². The Kier molecular flexibility index (Phi) is 12.5. The Bertz CT molecular complexity index is 1660. The lowest BCUT2D eigenvalue weighted by Gasteiger charge is -2.32. The van der Waals surface area contributed by atoms with Crippen molar-refractivity contribution in [3.8, 4) is 5.75 Å². The normalized spacial score (nSPS) is 12.4. The largest absolute Gasteiger partial charge is 0.506 e. The Labute approximate surface area is 261 Å². The van der Waals surface area contributed by atoms with Gasteiger partial charge in [0.15, 0.2) is 5.82 Å². The van der Waals surface area contributed by atoms with Crippen molar-refractivity contribution >= 4 is 50.5 Å². The molecule has 0 unspecified atom stereocenters. The zero-order chi connectivity index (χ0) is 32.1. The minimum absolute atomic E-state index is 0.0204. The number of carbonyl (C=O) groups excluding carboxylic acids is 1. The number of carboxylic acid groups (broad SMARTS) is 1. The summed E-state index contributed by atoms with van der Waals surface area (Å²) in [4.78, 5) is 31.0. The summed E-state index contributed by atoms with van der Waals surface area (Å²) in [5.41, 5.74) is 2.29. The topological polar surface area (TPSA) is 124 Å². The molecule has 0 fully saturated rings. The summed E-state index contributed by atoms with van der Waals surface area (Å²) in [5, 5.41) is 26.9. The van der Waals surface area contributed by atoms with Gasteiger partial charge in [0.25, 0.3) is 5.91 Å². The van der Waals surface area contributed by atoms with E-state index in [4.69, 9.17) is 9.84 Å². The van der Waals surface area contributed by atoms with Crippen LogP contribution in [0.5, 0.6) is 5.75 Å². The maximum atomic E-state index is 13.2. The van der Waals surface area contributed by atoms with E-state index in [1.807, 2.05) is 60.4 Å². The molecule has 0 saturated carbocycles. The molecule has 5 rings (SSSR count). The lowest BCUT2D eigenvalue weighted by molar-refractivity contribution is 0.0696. The van der Waals surface area contributed by atoms with Gasteiger partial charge in [-0.25, -0.2) is 9.78 Å². The molecule has 0 atom stereocenters. The van der Waals surface area contributed by atoms with Crippen molar-refractivity contribution < 1.29 is 24.5 Å². The Morgan fingerprint density at radius 1 is 1.14 bits per heavy atom. The van der Waals surface area contributed by atoms with Gasteiger partial charge >= 0.3 is 5.97 Å². The van der Waals surface area contributed by atoms with Crippen LogP contribution in [0.15, 0.2) is 102 Å². The molecule has 0 radical (unpaired) electrons. The molecule has 44 heavy (non-hydrogen) atoms. The number of aromatic hydroxyl groups is 1. The van der Waals surface area contributed by atoms with E-state index in [2.05, 4.69) is 36.0 Å². The number of anilines is 3. The smallest absolute Gasteiger partial charge is 0.337 e. The number of aromatic carboxylic acids is 1.